The highest BCUT2D eigenvalue weighted by molar-refractivity contribution is 5.82. The van der Waals surface area contributed by atoms with Gasteiger partial charge in [-0.25, -0.2) is 0 Å². The summed E-state index contributed by atoms with van der Waals surface area (Å²) >= 11 is 0. The number of nitrogens with one attached hydrogen (secondary N) is 1. The Labute approximate surface area is 117 Å². The van der Waals surface area contributed by atoms with Crippen molar-refractivity contribution in [3.05, 3.63) is 0 Å². The molecule has 1 N–H and O–H groups in total. The summed E-state index contributed by atoms with van der Waals surface area (Å²) in [6.45, 7) is 4.12. The first-order valence-corrected chi connectivity index (χ1v) is 7.82. The lowest BCUT2D eigenvalue weighted by Gasteiger charge is -2.38. The Balaban J connectivity index is 2.17. The average molecular weight is 267 g/mol. The van der Waals surface area contributed by atoms with E-state index in [1.807, 2.05) is 19.0 Å². The zero-order chi connectivity index (χ0) is 13.8. The van der Waals surface area contributed by atoms with Crippen molar-refractivity contribution in [2.75, 3.05) is 27.2 Å². The van der Waals surface area contributed by atoms with Crippen LogP contribution >= 0.6 is 0 Å². The minimum Gasteiger partial charge on any atom is -0.344 e. The number of carbonyl (C=O) groups is 1. The zero-order valence-corrected chi connectivity index (χ0v) is 12.7. The van der Waals surface area contributed by atoms with Crippen molar-refractivity contribution in [3.63, 3.8) is 0 Å². The van der Waals surface area contributed by atoms with Gasteiger partial charge in [-0.3, -0.25) is 9.69 Å². The van der Waals surface area contributed by atoms with Crippen LogP contribution in [-0.4, -0.2) is 61.0 Å². The maximum Gasteiger partial charge on any atom is 0.239 e. The van der Waals surface area contributed by atoms with Crippen molar-refractivity contribution in [1.29, 1.82) is 0 Å². The van der Waals surface area contributed by atoms with E-state index < -0.39 is 0 Å². The predicted molar refractivity (Wildman–Crippen MR) is 78.1 cm³/mol. The SMILES string of the molecule is CNCCC1C(=O)N(C)CCC(C)N1C1CCCC1. The monoisotopic (exact) mass is 267 g/mol. The lowest BCUT2D eigenvalue weighted by molar-refractivity contribution is -0.135. The fraction of sp³-hybridized carbons (Fsp3) is 0.933. The standard InChI is InChI=1S/C15H29N3O/c1-12-9-11-17(3)15(19)14(8-10-16-2)18(12)13-6-4-5-7-13/h12-14,16H,4-11H2,1-3H3. The minimum atomic E-state index is 0.0815. The molecule has 1 heterocycles. The second-order valence-corrected chi connectivity index (χ2v) is 6.19. The van der Waals surface area contributed by atoms with Crippen molar-refractivity contribution >= 4 is 5.91 Å². The summed E-state index contributed by atoms with van der Waals surface area (Å²) in [5.41, 5.74) is 0. The Morgan fingerprint density at radius 1 is 1.26 bits per heavy atom. The largest absolute Gasteiger partial charge is 0.344 e. The van der Waals surface area contributed by atoms with Crippen molar-refractivity contribution in [2.24, 2.45) is 0 Å². The van der Waals surface area contributed by atoms with E-state index in [9.17, 15) is 4.79 Å². The molecule has 19 heavy (non-hydrogen) atoms. The van der Waals surface area contributed by atoms with Crippen LogP contribution in [0.4, 0.5) is 0 Å². The molecule has 2 aliphatic rings. The molecule has 2 fully saturated rings. The molecule has 0 aromatic heterocycles. The molecule has 4 heteroatoms. The van der Waals surface area contributed by atoms with Gasteiger partial charge in [0.25, 0.3) is 0 Å². The van der Waals surface area contributed by atoms with Gasteiger partial charge >= 0.3 is 0 Å². The van der Waals surface area contributed by atoms with Crippen LogP contribution in [0.2, 0.25) is 0 Å². The second kappa shape index (κ2) is 6.71. The van der Waals surface area contributed by atoms with E-state index in [1.54, 1.807) is 0 Å². The van der Waals surface area contributed by atoms with Crippen LogP contribution in [0.5, 0.6) is 0 Å². The fourth-order valence-electron chi connectivity index (χ4n) is 3.70. The number of nitrogens with zero attached hydrogens (tertiary/aromatic N) is 2. The lowest BCUT2D eigenvalue weighted by Crippen LogP contribution is -2.52. The van der Waals surface area contributed by atoms with E-state index in [0.717, 1.165) is 25.9 Å². The van der Waals surface area contributed by atoms with Gasteiger partial charge in [0.05, 0.1) is 6.04 Å². The van der Waals surface area contributed by atoms with Crippen molar-refractivity contribution < 1.29 is 4.79 Å². The summed E-state index contributed by atoms with van der Waals surface area (Å²) in [6.07, 6.45) is 7.25. The van der Waals surface area contributed by atoms with Crippen LogP contribution in [-0.2, 0) is 4.79 Å². The summed E-state index contributed by atoms with van der Waals surface area (Å²) in [4.78, 5) is 17.1. The molecule has 0 radical (unpaired) electrons. The highest BCUT2D eigenvalue weighted by atomic mass is 16.2. The van der Waals surface area contributed by atoms with Gasteiger partial charge in [0.1, 0.15) is 0 Å². The molecule has 110 valence electrons. The summed E-state index contributed by atoms with van der Waals surface area (Å²) < 4.78 is 0. The Kier molecular flexibility index (Phi) is 5.22. The van der Waals surface area contributed by atoms with E-state index >= 15 is 0 Å². The number of carbonyl (C=O) groups excluding carboxylic acids is 1. The molecule has 0 bridgehead atoms. The van der Waals surface area contributed by atoms with Crippen LogP contribution in [0.1, 0.15) is 45.4 Å². The van der Waals surface area contributed by atoms with Crippen molar-refractivity contribution in [1.82, 2.24) is 15.1 Å². The first-order chi connectivity index (χ1) is 9.15. The van der Waals surface area contributed by atoms with E-state index in [1.165, 1.54) is 25.7 Å². The Morgan fingerprint density at radius 3 is 2.58 bits per heavy atom. The van der Waals surface area contributed by atoms with Gasteiger partial charge in [0.15, 0.2) is 0 Å². The lowest BCUT2D eigenvalue weighted by atomic mass is 10.0. The molecule has 2 atom stereocenters. The van der Waals surface area contributed by atoms with Crippen LogP contribution in [0.3, 0.4) is 0 Å². The molecule has 2 rings (SSSR count). The molecular formula is C15H29N3O. The second-order valence-electron chi connectivity index (χ2n) is 6.19. The predicted octanol–water partition coefficient (Wildman–Crippen LogP) is 1.46. The van der Waals surface area contributed by atoms with E-state index in [2.05, 4.69) is 17.1 Å². The number of hydrogen-bond acceptors (Lipinski definition) is 3. The molecule has 1 aliphatic carbocycles. The first kappa shape index (κ1) is 14.8. The van der Waals surface area contributed by atoms with Crippen molar-refractivity contribution in [3.8, 4) is 0 Å². The smallest absolute Gasteiger partial charge is 0.239 e. The molecule has 1 aliphatic heterocycles. The Hall–Kier alpha value is -0.610. The summed E-state index contributed by atoms with van der Waals surface area (Å²) in [6, 6.07) is 1.24. The van der Waals surface area contributed by atoms with Crippen LogP contribution in [0, 0.1) is 0 Å². The van der Waals surface area contributed by atoms with Crippen LogP contribution in [0.15, 0.2) is 0 Å². The van der Waals surface area contributed by atoms with Crippen LogP contribution in [0.25, 0.3) is 0 Å². The first-order valence-electron chi connectivity index (χ1n) is 7.82. The number of hydrogen-bond donors (Lipinski definition) is 1. The van der Waals surface area contributed by atoms with Gasteiger partial charge < -0.3 is 10.2 Å². The molecule has 1 saturated carbocycles. The average Bonchev–Trinajstić information content (AvgIpc) is 2.89. The summed E-state index contributed by atoms with van der Waals surface area (Å²) in [5, 5.41) is 3.20. The molecular weight excluding hydrogens is 238 g/mol. The maximum atomic E-state index is 12.6. The zero-order valence-electron chi connectivity index (χ0n) is 12.7. The number of rotatable bonds is 4. The van der Waals surface area contributed by atoms with Gasteiger partial charge in [-0.1, -0.05) is 12.8 Å². The quantitative estimate of drug-likeness (QED) is 0.837. The van der Waals surface area contributed by atoms with Crippen molar-refractivity contribution in [2.45, 2.75) is 63.6 Å². The minimum absolute atomic E-state index is 0.0815. The summed E-state index contributed by atoms with van der Waals surface area (Å²) in [7, 11) is 3.92. The highest BCUT2D eigenvalue weighted by Crippen LogP contribution is 2.30. The highest BCUT2D eigenvalue weighted by Gasteiger charge is 2.38. The molecule has 1 amide bonds. The maximum absolute atomic E-state index is 12.6. The fourth-order valence-corrected chi connectivity index (χ4v) is 3.70. The molecule has 2 unspecified atom stereocenters. The Morgan fingerprint density at radius 2 is 1.95 bits per heavy atom. The molecule has 0 spiro atoms. The number of amides is 1. The van der Waals surface area contributed by atoms with Crippen LogP contribution < -0.4 is 5.32 Å². The van der Waals surface area contributed by atoms with E-state index in [0.29, 0.717) is 18.0 Å². The third-order valence-corrected chi connectivity index (χ3v) is 4.83. The van der Waals surface area contributed by atoms with Gasteiger partial charge in [-0.05, 0) is 46.2 Å². The molecule has 0 aromatic rings. The molecule has 1 saturated heterocycles. The number of likely N-dealkylation sites (N-methyl/N-ethyl adjacent to an activating group) is 1. The third-order valence-electron chi connectivity index (χ3n) is 4.83. The van der Waals surface area contributed by atoms with Gasteiger partial charge in [0.2, 0.25) is 5.91 Å². The summed E-state index contributed by atoms with van der Waals surface area (Å²) in [5.74, 6) is 0.325. The van der Waals surface area contributed by atoms with Gasteiger partial charge in [-0.2, -0.15) is 0 Å². The Bertz CT molecular complexity index is 302. The van der Waals surface area contributed by atoms with E-state index in [4.69, 9.17) is 0 Å². The van der Waals surface area contributed by atoms with E-state index in [-0.39, 0.29) is 6.04 Å². The van der Waals surface area contributed by atoms with Gasteiger partial charge in [-0.15, -0.1) is 0 Å². The molecule has 4 nitrogen and oxygen atoms in total. The normalized spacial score (nSPS) is 30.9. The third kappa shape index (κ3) is 3.29. The van der Waals surface area contributed by atoms with Gasteiger partial charge in [0, 0.05) is 25.7 Å². The topological polar surface area (TPSA) is 35.6 Å². The molecule has 0 aromatic carbocycles.